The SMILES string of the molecule is CCS(OC)(OC)OC. The van der Waals surface area contributed by atoms with Gasteiger partial charge in [0.05, 0.1) is 32.2 Å². The zero-order chi connectivity index (χ0) is 7.33. The summed E-state index contributed by atoms with van der Waals surface area (Å²) in [6, 6.07) is 0. The smallest absolute Gasteiger partial charge is 0.0876 e. The van der Waals surface area contributed by atoms with Gasteiger partial charge in [0.2, 0.25) is 0 Å². The summed E-state index contributed by atoms with van der Waals surface area (Å²) in [6.45, 7) is 1.96. The number of rotatable bonds is 4. The third kappa shape index (κ3) is 2.14. The van der Waals surface area contributed by atoms with Crippen molar-refractivity contribution < 1.29 is 12.5 Å². The van der Waals surface area contributed by atoms with Crippen LogP contribution < -0.4 is 0 Å². The van der Waals surface area contributed by atoms with E-state index >= 15 is 0 Å². The van der Waals surface area contributed by atoms with Gasteiger partial charge in [0.25, 0.3) is 0 Å². The Bertz CT molecular complexity index is 55.1. The van der Waals surface area contributed by atoms with Crippen LogP contribution in [0.15, 0.2) is 0 Å². The Kier molecular flexibility index (Phi) is 4.22. The summed E-state index contributed by atoms with van der Waals surface area (Å²) in [5.74, 6) is 0.760. The van der Waals surface area contributed by atoms with E-state index in [0.717, 1.165) is 5.75 Å². The molecule has 0 aromatic rings. The minimum atomic E-state index is -1.65. The summed E-state index contributed by atoms with van der Waals surface area (Å²) in [5, 5.41) is 0. The highest BCUT2D eigenvalue weighted by Gasteiger charge is 2.18. The zero-order valence-electron chi connectivity index (χ0n) is 6.34. The molecule has 0 aromatic carbocycles. The van der Waals surface area contributed by atoms with Crippen molar-refractivity contribution >= 4 is 10.9 Å². The molecule has 0 heterocycles. The molecule has 58 valence electrons. The van der Waals surface area contributed by atoms with Gasteiger partial charge in [0, 0.05) is 5.75 Å². The van der Waals surface area contributed by atoms with Crippen molar-refractivity contribution in [3.8, 4) is 0 Å². The Morgan fingerprint density at radius 1 is 1.00 bits per heavy atom. The van der Waals surface area contributed by atoms with Crippen molar-refractivity contribution in [3.05, 3.63) is 0 Å². The van der Waals surface area contributed by atoms with E-state index in [-0.39, 0.29) is 0 Å². The molecule has 0 bridgehead atoms. The predicted octanol–water partition coefficient (Wildman–Crippen LogP) is 1.50. The molecule has 0 amide bonds. The number of hydrogen-bond donors (Lipinski definition) is 0. The molecule has 0 spiro atoms. The molecule has 0 saturated heterocycles. The standard InChI is InChI=1S/C5H14O3S/c1-5-9(6-2,7-3)8-4/h5H2,1-4H3. The first-order chi connectivity index (χ1) is 4.24. The molecule has 4 heteroatoms. The molecule has 0 radical (unpaired) electrons. The van der Waals surface area contributed by atoms with E-state index in [9.17, 15) is 0 Å². The van der Waals surface area contributed by atoms with Crippen LogP contribution in [0.1, 0.15) is 6.92 Å². The van der Waals surface area contributed by atoms with Gasteiger partial charge in [-0.1, -0.05) is 6.92 Å². The van der Waals surface area contributed by atoms with Crippen LogP contribution in [0.4, 0.5) is 0 Å². The largest absolute Gasteiger partial charge is 0.296 e. The molecule has 0 unspecified atom stereocenters. The average molecular weight is 154 g/mol. The van der Waals surface area contributed by atoms with E-state index in [1.807, 2.05) is 6.92 Å². The van der Waals surface area contributed by atoms with Crippen molar-refractivity contribution in [2.45, 2.75) is 6.92 Å². The molecule has 0 aliphatic carbocycles. The highest BCUT2D eigenvalue weighted by molar-refractivity contribution is 8.21. The summed E-state index contributed by atoms with van der Waals surface area (Å²) in [4.78, 5) is 0. The second kappa shape index (κ2) is 4.11. The van der Waals surface area contributed by atoms with Gasteiger partial charge in [-0.05, 0) is 0 Å². The molecule has 0 rings (SSSR count). The summed E-state index contributed by atoms with van der Waals surface area (Å²) in [6.07, 6.45) is 0. The van der Waals surface area contributed by atoms with Crippen molar-refractivity contribution in [1.29, 1.82) is 0 Å². The van der Waals surface area contributed by atoms with Crippen LogP contribution in [-0.4, -0.2) is 27.1 Å². The summed E-state index contributed by atoms with van der Waals surface area (Å²) < 4.78 is 15.1. The lowest BCUT2D eigenvalue weighted by Gasteiger charge is -2.31. The fraction of sp³-hybridized carbons (Fsp3) is 1.00. The van der Waals surface area contributed by atoms with Gasteiger partial charge in [-0.15, -0.1) is 0 Å². The lowest BCUT2D eigenvalue weighted by Crippen LogP contribution is -2.08. The van der Waals surface area contributed by atoms with Crippen LogP contribution in [0.25, 0.3) is 0 Å². The van der Waals surface area contributed by atoms with Crippen LogP contribution in [0.2, 0.25) is 0 Å². The first kappa shape index (κ1) is 9.23. The molecule has 0 aromatic heterocycles. The molecule has 0 atom stereocenters. The van der Waals surface area contributed by atoms with Gasteiger partial charge >= 0.3 is 0 Å². The van der Waals surface area contributed by atoms with E-state index in [1.54, 1.807) is 21.3 Å². The third-order valence-corrected chi connectivity index (χ3v) is 3.35. The summed E-state index contributed by atoms with van der Waals surface area (Å²) in [7, 11) is 3.12. The van der Waals surface area contributed by atoms with Crippen molar-refractivity contribution in [1.82, 2.24) is 0 Å². The van der Waals surface area contributed by atoms with Crippen LogP contribution in [0.5, 0.6) is 0 Å². The molecule has 3 nitrogen and oxygen atoms in total. The molecule has 0 aliphatic heterocycles. The Hall–Kier alpha value is 0.230. The summed E-state index contributed by atoms with van der Waals surface area (Å²) >= 11 is 0. The van der Waals surface area contributed by atoms with E-state index < -0.39 is 10.9 Å². The fourth-order valence-corrected chi connectivity index (χ4v) is 1.67. The molecule has 9 heavy (non-hydrogen) atoms. The average Bonchev–Trinajstić information content (AvgIpc) is 1.95. The van der Waals surface area contributed by atoms with Crippen LogP contribution >= 0.6 is 10.9 Å². The Morgan fingerprint density at radius 3 is 1.33 bits per heavy atom. The first-order valence-corrected chi connectivity index (χ1v) is 4.30. The van der Waals surface area contributed by atoms with Gasteiger partial charge in [0.1, 0.15) is 0 Å². The molecular formula is C5H14O3S. The minimum absolute atomic E-state index is 0.760. The zero-order valence-corrected chi connectivity index (χ0v) is 7.16. The van der Waals surface area contributed by atoms with Crippen molar-refractivity contribution in [2.24, 2.45) is 0 Å². The maximum atomic E-state index is 5.02. The maximum absolute atomic E-state index is 5.02. The van der Waals surface area contributed by atoms with Gasteiger partial charge in [0.15, 0.2) is 0 Å². The molecule has 0 N–H and O–H groups in total. The van der Waals surface area contributed by atoms with Gasteiger partial charge in [-0.2, -0.15) is 0 Å². The van der Waals surface area contributed by atoms with Crippen LogP contribution in [-0.2, 0) is 12.5 Å². The molecule has 0 fully saturated rings. The second-order valence-electron chi connectivity index (χ2n) is 1.35. The van der Waals surface area contributed by atoms with E-state index in [0.29, 0.717) is 0 Å². The predicted molar refractivity (Wildman–Crippen MR) is 39.2 cm³/mol. The van der Waals surface area contributed by atoms with Crippen LogP contribution in [0.3, 0.4) is 0 Å². The van der Waals surface area contributed by atoms with Crippen molar-refractivity contribution in [2.75, 3.05) is 27.1 Å². The van der Waals surface area contributed by atoms with E-state index in [2.05, 4.69) is 0 Å². The fourth-order valence-electron chi connectivity index (χ4n) is 0.558. The van der Waals surface area contributed by atoms with Crippen LogP contribution in [0, 0.1) is 0 Å². The molecule has 0 aliphatic rings. The number of hydrogen-bond acceptors (Lipinski definition) is 3. The van der Waals surface area contributed by atoms with Gasteiger partial charge in [-0.3, -0.25) is 12.5 Å². The Labute approximate surface area is 58.2 Å². The Balaban J connectivity index is 3.82. The molecule has 0 saturated carbocycles. The maximum Gasteiger partial charge on any atom is 0.0876 e. The topological polar surface area (TPSA) is 27.7 Å². The normalized spacial score (nSPS) is 13.8. The highest BCUT2D eigenvalue weighted by Crippen LogP contribution is 2.48. The highest BCUT2D eigenvalue weighted by atomic mass is 32.3. The van der Waals surface area contributed by atoms with Gasteiger partial charge in [-0.25, -0.2) is 0 Å². The monoisotopic (exact) mass is 154 g/mol. The first-order valence-electron chi connectivity index (χ1n) is 2.72. The lowest BCUT2D eigenvalue weighted by atomic mass is 11.0. The van der Waals surface area contributed by atoms with Crippen molar-refractivity contribution in [3.63, 3.8) is 0 Å². The van der Waals surface area contributed by atoms with E-state index in [4.69, 9.17) is 12.5 Å². The molecular weight excluding hydrogens is 140 g/mol. The van der Waals surface area contributed by atoms with E-state index in [1.165, 1.54) is 0 Å². The minimum Gasteiger partial charge on any atom is -0.296 e. The van der Waals surface area contributed by atoms with Gasteiger partial charge < -0.3 is 0 Å². The summed E-state index contributed by atoms with van der Waals surface area (Å²) in [5.41, 5.74) is 0. The third-order valence-electron chi connectivity index (χ3n) is 1.12. The second-order valence-corrected chi connectivity index (χ2v) is 4.04. The quantitative estimate of drug-likeness (QED) is 0.614. The lowest BCUT2D eigenvalue weighted by molar-refractivity contribution is 0.249. The Morgan fingerprint density at radius 2 is 1.33 bits per heavy atom.